The van der Waals surface area contributed by atoms with Crippen molar-refractivity contribution in [1.82, 2.24) is 14.8 Å². The minimum absolute atomic E-state index is 0.0528. The number of amides is 1. The largest absolute Gasteiger partial charge is 0.373 e. The number of anilines is 1. The third-order valence-electron chi connectivity index (χ3n) is 4.37. The van der Waals surface area contributed by atoms with E-state index in [0.29, 0.717) is 5.56 Å². The molecule has 0 spiro atoms. The fourth-order valence-electron chi connectivity index (χ4n) is 2.77. The Balaban J connectivity index is 2.08. The third-order valence-corrected chi connectivity index (χ3v) is 4.37. The van der Waals surface area contributed by atoms with Crippen LogP contribution < -0.4 is 5.32 Å². The highest BCUT2D eigenvalue weighted by Gasteiger charge is 2.40. The zero-order chi connectivity index (χ0) is 14.8. The summed E-state index contributed by atoms with van der Waals surface area (Å²) in [5.41, 5.74) is 0.837. The minimum Gasteiger partial charge on any atom is -0.373 e. The van der Waals surface area contributed by atoms with Gasteiger partial charge in [-0.3, -0.25) is 4.79 Å². The second kappa shape index (κ2) is 5.79. The first-order valence-electron chi connectivity index (χ1n) is 7.05. The number of pyridine rings is 1. The lowest BCUT2D eigenvalue weighted by Gasteiger charge is -2.49. The van der Waals surface area contributed by atoms with Crippen molar-refractivity contribution < 1.29 is 4.79 Å². The van der Waals surface area contributed by atoms with Gasteiger partial charge in [-0.05, 0) is 45.5 Å². The molecular weight excluding hydrogens is 252 g/mol. The van der Waals surface area contributed by atoms with Crippen LogP contribution >= 0.6 is 0 Å². The number of carbonyl (C=O) groups excluding carboxylic acids is 1. The minimum atomic E-state index is 0.0528. The smallest absolute Gasteiger partial charge is 0.253 e. The lowest BCUT2D eigenvalue weighted by atomic mass is 9.75. The highest BCUT2D eigenvalue weighted by molar-refractivity contribution is 5.94. The molecule has 1 aromatic heterocycles. The summed E-state index contributed by atoms with van der Waals surface area (Å²) in [7, 11) is 7.88. The summed E-state index contributed by atoms with van der Waals surface area (Å²) >= 11 is 0. The second-order valence-electron chi connectivity index (χ2n) is 5.81. The van der Waals surface area contributed by atoms with Gasteiger partial charge < -0.3 is 15.1 Å². The zero-order valence-electron chi connectivity index (χ0n) is 12.8. The molecule has 0 bridgehead atoms. The van der Waals surface area contributed by atoms with Crippen molar-refractivity contribution >= 4 is 11.7 Å². The van der Waals surface area contributed by atoms with E-state index in [1.165, 1.54) is 6.42 Å². The molecule has 1 aliphatic rings. The number of carbonyl (C=O) groups is 1. The summed E-state index contributed by atoms with van der Waals surface area (Å²) in [6.07, 6.45) is 5.24. The summed E-state index contributed by atoms with van der Waals surface area (Å²) in [4.78, 5) is 20.7. The Bertz CT molecular complexity index is 483. The molecule has 1 heterocycles. The molecule has 0 radical (unpaired) electrons. The predicted octanol–water partition coefficient (Wildman–Crippen LogP) is 1.68. The van der Waals surface area contributed by atoms with Gasteiger partial charge in [0.25, 0.3) is 5.91 Å². The molecular formula is C15H24N4O. The van der Waals surface area contributed by atoms with E-state index >= 15 is 0 Å². The van der Waals surface area contributed by atoms with Gasteiger partial charge in [0, 0.05) is 37.9 Å². The van der Waals surface area contributed by atoms with E-state index in [4.69, 9.17) is 0 Å². The first-order chi connectivity index (χ1) is 9.48. The molecule has 1 N–H and O–H groups in total. The monoisotopic (exact) mass is 276 g/mol. The highest BCUT2D eigenvalue weighted by Crippen LogP contribution is 2.36. The zero-order valence-corrected chi connectivity index (χ0v) is 12.8. The Morgan fingerprint density at radius 1 is 1.40 bits per heavy atom. The molecule has 1 amide bonds. The van der Waals surface area contributed by atoms with Gasteiger partial charge in [-0.15, -0.1) is 0 Å². The van der Waals surface area contributed by atoms with Crippen LogP contribution in [0, 0.1) is 0 Å². The molecule has 0 atom stereocenters. The molecule has 0 saturated heterocycles. The van der Waals surface area contributed by atoms with E-state index in [1.807, 2.05) is 11.9 Å². The van der Waals surface area contributed by atoms with Crippen LogP contribution in [0.5, 0.6) is 0 Å². The van der Waals surface area contributed by atoms with Crippen molar-refractivity contribution in [2.45, 2.75) is 24.8 Å². The van der Waals surface area contributed by atoms with Crippen molar-refractivity contribution in [2.24, 2.45) is 0 Å². The Labute approximate surface area is 121 Å². The van der Waals surface area contributed by atoms with Crippen molar-refractivity contribution in [3.8, 4) is 0 Å². The van der Waals surface area contributed by atoms with Crippen molar-refractivity contribution in [1.29, 1.82) is 0 Å². The van der Waals surface area contributed by atoms with E-state index in [2.05, 4.69) is 29.3 Å². The van der Waals surface area contributed by atoms with Crippen molar-refractivity contribution in [2.75, 3.05) is 40.1 Å². The van der Waals surface area contributed by atoms with E-state index in [-0.39, 0.29) is 11.4 Å². The van der Waals surface area contributed by atoms with Gasteiger partial charge >= 0.3 is 0 Å². The molecule has 0 aliphatic heterocycles. The van der Waals surface area contributed by atoms with E-state index in [9.17, 15) is 4.79 Å². The number of likely N-dealkylation sites (N-methyl/N-ethyl adjacent to an activating group) is 2. The summed E-state index contributed by atoms with van der Waals surface area (Å²) in [6.45, 7) is 0.774. The number of hydrogen-bond acceptors (Lipinski definition) is 4. The van der Waals surface area contributed by atoms with Gasteiger partial charge in [0.1, 0.15) is 5.82 Å². The lowest BCUT2D eigenvalue weighted by molar-refractivity contribution is 0.0252. The lowest BCUT2D eigenvalue weighted by Crippen LogP contribution is -2.57. The maximum absolute atomic E-state index is 12.5. The Hall–Kier alpha value is -1.62. The Morgan fingerprint density at radius 2 is 2.10 bits per heavy atom. The maximum Gasteiger partial charge on any atom is 0.253 e. The van der Waals surface area contributed by atoms with Gasteiger partial charge in [0.05, 0.1) is 0 Å². The van der Waals surface area contributed by atoms with Crippen LogP contribution in [0.4, 0.5) is 5.82 Å². The fraction of sp³-hybridized carbons (Fsp3) is 0.600. The number of aromatic nitrogens is 1. The molecule has 0 unspecified atom stereocenters. The molecule has 2 rings (SSSR count). The summed E-state index contributed by atoms with van der Waals surface area (Å²) in [6, 6.07) is 3.56. The Morgan fingerprint density at radius 3 is 2.60 bits per heavy atom. The van der Waals surface area contributed by atoms with Gasteiger partial charge in [0.2, 0.25) is 0 Å². The normalized spacial score (nSPS) is 16.6. The van der Waals surface area contributed by atoms with E-state index in [1.54, 1.807) is 25.4 Å². The molecule has 5 nitrogen and oxygen atoms in total. The molecule has 5 heteroatoms. The average molecular weight is 276 g/mol. The molecule has 20 heavy (non-hydrogen) atoms. The fourth-order valence-corrected chi connectivity index (χ4v) is 2.77. The van der Waals surface area contributed by atoms with Crippen molar-refractivity contribution in [3.05, 3.63) is 23.9 Å². The molecule has 0 aromatic carbocycles. The van der Waals surface area contributed by atoms with Crippen LogP contribution in [-0.2, 0) is 0 Å². The summed E-state index contributed by atoms with van der Waals surface area (Å²) in [5, 5.41) is 2.96. The van der Waals surface area contributed by atoms with E-state index in [0.717, 1.165) is 25.2 Å². The first kappa shape index (κ1) is 14.8. The van der Waals surface area contributed by atoms with Gasteiger partial charge in [-0.25, -0.2) is 4.98 Å². The number of nitrogens with one attached hydrogen (secondary N) is 1. The maximum atomic E-state index is 12.5. The topological polar surface area (TPSA) is 48.5 Å². The summed E-state index contributed by atoms with van der Waals surface area (Å²) in [5.74, 6) is 0.771. The van der Waals surface area contributed by atoms with Crippen molar-refractivity contribution in [3.63, 3.8) is 0 Å². The second-order valence-corrected chi connectivity index (χ2v) is 5.81. The Kier molecular flexibility index (Phi) is 4.28. The number of nitrogens with zero attached hydrogens (tertiary/aromatic N) is 3. The number of hydrogen-bond donors (Lipinski definition) is 1. The first-order valence-corrected chi connectivity index (χ1v) is 7.05. The van der Waals surface area contributed by atoms with Crippen LogP contribution in [0.2, 0.25) is 0 Å². The molecule has 1 aromatic rings. The SMILES string of the molecule is CNc1cc(C(=O)N(C)CC2(N(C)C)CCC2)ccn1. The van der Waals surface area contributed by atoms with Crippen LogP contribution in [0.15, 0.2) is 18.3 Å². The van der Waals surface area contributed by atoms with E-state index < -0.39 is 0 Å². The van der Waals surface area contributed by atoms with Crippen LogP contribution in [0.25, 0.3) is 0 Å². The summed E-state index contributed by atoms with van der Waals surface area (Å²) < 4.78 is 0. The highest BCUT2D eigenvalue weighted by atomic mass is 16.2. The van der Waals surface area contributed by atoms with Crippen LogP contribution in [0.1, 0.15) is 29.6 Å². The van der Waals surface area contributed by atoms with Crippen LogP contribution in [0.3, 0.4) is 0 Å². The van der Waals surface area contributed by atoms with Gasteiger partial charge in [0.15, 0.2) is 0 Å². The molecule has 1 fully saturated rings. The standard InChI is InChI=1S/C15H24N4O/c1-16-13-10-12(6-9-17-13)14(20)19(4)11-15(18(2)3)7-5-8-15/h6,9-10H,5,7-8,11H2,1-4H3,(H,16,17). The predicted molar refractivity (Wildman–Crippen MR) is 81.0 cm³/mol. The molecule has 1 saturated carbocycles. The quantitative estimate of drug-likeness (QED) is 0.889. The van der Waals surface area contributed by atoms with Gasteiger partial charge in [-0.1, -0.05) is 0 Å². The third kappa shape index (κ3) is 2.77. The average Bonchev–Trinajstić information content (AvgIpc) is 2.41. The van der Waals surface area contributed by atoms with Gasteiger partial charge in [-0.2, -0.15) is 0 Å². The van der Waals surface area contributed by atoms with Crippen LogP contribution in [-0.4, -0.2) is 61.0 Å². The molecule has 110 valence electrons. The molecule has 1 aliphatic carbocycles. The number of rotatable bonds is 5.